The molecule has 6 rings (SSSR count). The molecule has 0 bridgehead atoms. The highest BCUT2D eigenvalue weighted by atomic mass is 35.5. The van der Waals surface area contributed by atoms with Gasteiger partial charge in [0.15, 0.2) is 5.65 Å². The Labute approximate surface area is 205 Å². The molecule has 3 atom stereocenters. The predicted octanol–water partition coefficient (Wildman–Crippen LogP) is 3.78. The molecule has 1 aliphatic carbocycles. The van der Waals surface area contributed by atoms with E-state index < -0.39 is 0 Å². The van der Waals surface area contributed by atoms with Crippen molar-refractivity contribution in [1.29, 1.82) is 0 Å². The van der Waals surface area contributed by atoms with Gasteiger partial charge in [-0.25, -0.2) is 9.37 Å². The molecule has 9 nitrogen and oxygen atoms in total. The van der Waals surface area contributed by atoms with Crippen molar-refractivity contribution >= 4 is 28.6 Å². The number of aliphatic hydroxyl groups is 1. The Bertz CT molecular complexity index is 1410. The Hall–Kier alpha value is -3.21. The molecule has 3 aromatic heterocycles. The van der Waals surface area contributed by atoms with E-state index in [-0.39, 0.29) is 30.7 Å². The van der Waals surface area contributed by atoms with Crippen LogP contribution in [0.1, 0.15) is 30.0 Å². The van der Waals surface area contributed by atoms with E-state index in [9.17, 15) is 5.11 Å². The Balaban J connectivity index is 1.23. The highest BCUT2D eigenvalue weighted by Gasteiger charge is 2.29. The molecule has 0 saturated carbocycles. The second kappa shape index (κ2) is 8.78. The van der Waals surface area contributed by atoms with E-state index in [1.165, 1.54) is 0 Å². The van der Waals surface area contributed by atoms with Crippen LogP contribution < -0.4 is 10.1 Å². The highest BCUT2D eigenvalue weighted by molar-refractivity contribution is 6.33. The Morgan fingerprint density at radius 1 is 1.31 bits per heavy atom. The van der Waals surface area contributed by atoms with E-state index in [1.54, 1.807) is 23.0 Å². The van der Waals surface area contributed by atoms with Crippen LogP contribution in [0.15, 0.2) is 30.6 Å². The first-order valence-electron chi connectivity index (χ1n) is 11.5. The monoisotopic (exact) mass is 498 g/mol. The van der Waals surface area contributed by atoms with Crippen molar-refractivity contribution in [3.05, 3.63) is 52.6 Å². The minimum Gasteiger partial charge on any atom is -0.459 e. The van der Waals surface area contributed by atoms with Crippen LogP contribution in [0.5, 0.6) is 6.01 Å². The topological polar surface area (TPSA) is 110 Å². The van der Waals surface area contributed by atoms with Crippen LogP contribution in [0.25, 0.3) is 22.3 Å². The molecule has 0 radical (unpaired) electrons. The van der Waals surface area contributed by atoms with Crippen LogP contribution in [0, 0.1) is 5.82 Å². The lowest BCUT2D eigenvalue weighted by atomic mass is 10.0. The van der Waals surface area contributed by atoms with Crippen molar-refractivity contribution in [3.63, 3.8) is 0 Å². The number of imidazole rings is 1. The van der Waals surface area contributed by atoms with Crippen molar-refractivity contribution in [2.24, 2.45) is 7.05 Å². The van der Waals surface area contributed by atoms with Crippen LogP contribution >= 0.6 is 11.6 Å². The molecule has 0 amide bonds. The van der Waals surface area contributed by atoms with Crippen LogP contribution in [-0.4, -0.2) is 55.3 Å². The fourth-order valence-electron chi connectivity index (χ4n) is 4.86. The van der Waals surface area contributed by atoms with E-state index >= 15 is 4.39 Å². The molecule has 35 heavy (non-hydrogen) atoms. The molecule has 2 unspecified atom stereocenters. The molecule has 4 heterocycles. The number of aromatic amines is 1. The van der Waals surface area contributed by atoms with E-state index in [0.717, 1.165) is 29.5 Å². The zero-order valence-corrected chi connectivity index (χ0v) is 19.7. The SMILES string of the molecule is Cn1cc(-c2cc(F)c3c(c2)CCC3Nc2nc3nc(O[C@@H]4COC(CO)C4)[nH]c3cc2Cl)cn1. The number of hydrogen-bond donors (Lipinski definition) is 3. The first kappa shape index (κ1) is 22.3. The van der Waals surface area contributed by atoms with Crippen molar-refractivity contribution in [2.45, 2.75) is 37.5 Å². The summed E-state index contributed by atoms with van der Waals surface area (Å²) >= 11 is 6.51. The normalized spacial score (nSPS) is 21.5. The van der Waals surface area contributed by atoms with Gasteiger partial charge in [-0.3, -0.25) is 4.68 Å². The number of aryl methyl sites for hydroxylation is 2. The Kier molecular flexibility index (Phi) is 5.58. The number of rotatable bonds is 6. The van der Waals surface area contributed by atoms with Gasteiger partial charge in [0.05, 0.1) is 42.1 Å². The number of H-pyrrole nitrogens is 1. The molecule has 3 N–H and O–H groups in total. The third-order valence-corrected chi connectivity index (χ3v) is 6.83. The summed E-state index contributed by atoms with van der Waals surface area (Å²) in [5, 5.41) is 17.1. The Morgan fingerprint density at radius 2 is 2.20 bits per heavy atom. The third kappa shape index (κ3) is 4.22. The van der Waals surface area contributed by atoms with Crippen LogP contribution in [-0.2, 0) is 18.2 Å². The lowest BCUT2D eigenvalue weighted by molar-refractivity contribution is 0.0528. The maximum Gasteiger partial charge on any atom is 0.296 e. The third-order valence-electron chi connectivity index (χ3n) is 6.55. The van der Waals surface area contributed by atoms with Gasteiger partial charge >= 0.3 is 0 Å². The summed E-state index contributed by atoms with van der Waals surface area (Å²) in [6.45, 7) is 0.347. The van der Waals surface area contributed by atoms with Crippen molar-refractivity contribution in [3.8, 4) is 17.1 Å². The molecule has 1 aliphatic heterocycles. The predicted molar refractivity (Wildman–Crippen MR) is 128 cm³/mol. The quantitative estimate of drug-likeness (QED) is 0.371. The number of fused-ring (bicyclic) bond motifs is 2. The number of ether oxygens (including phenoxy) is 2. The Morgan fingerprint density at radius 3 is 2.97 bits per heavy atom. The van der Waals surface area contributed by atoms with Crippen molar-refractivity contribution in [1.82, 2.24) is 24.7 Å². The second-order valence-corrected chi connectivity index (χ2v) is 9.42. The van der Waals surface area contributed by atoms with Crippen LogP contribution in [0.3, 0.4) is 0 Å². The maximum absolute atomic E-state index is 15.2. The van der Waals surface area contributed by atoms with Gasteiger partial charge < -0.3 is 24.9 Å². The zero-order chi connectivity index (χ0) is 24.1. The molecule has 182 valence electrons. The summed E-state index contributed by atoms with van der Waals surface area (Å²) in [6.07, 6.45) is 5.24. The average Bonchev–Trinajstić information content (AvgIpc) is 3.61. The average molecular weight is 499 g/mol. The summed E-state index contributed by atoms with van der Waals surface area (Å²) in [4.78, 5) is 12.1. The summed E-state index contributed by atoms with van der Waals surface area (Å²) in [5.74, 6) is 0.180. The first-order chi connectivity index (χ1) is 17.0. The number of halogens is 2. The molecule has 11 heteroatoms. The number of aromatic nitrogens is 5. The van der Waals surface area contributed by atoms with Gasteiger partial charge in [0.1, 0.15) is 17.7 Å². The number of hydrogen-bond acceptors (Lipinski definition) is 7. The second-order valence-electron chi connectivity index (χ2n) is 9.01. The van der Waals surface area contributed by atoms with Crippen molar-refractivity contribution < 1.29 is 19.0 Å². The molecular formula is C24H24ClFN6O3. The summed E-state index contributed by atoms with van der Waals surface area (Å²) in [7, 11) is 1.84. The minimum absolute atomic E-state index is 0.0398. The standard InChI is InChI=1S/C24H24ClFN6O3/c1-32-9-14(8-27-32)13-4-12-2-3-19(21(12)18(26)5-13)28-22-17(25)7-20-23(30-22)31-24(29-20)35-16-6-15(10-33)34-11-16/h4-5,7-9,15-16,19,33H,2-3,6,10-11H2,1H3,(H2,28,29,30,31)/t15?,16-,19?/m0/s1. The van der Waals surface area contributed by atoms with Gasteiger partial charge in [-0.2, -0.15) is 10.1 Å². The number of nitrogens with one attached hydrogen (secondary N) is 2. The smallest absolute Gasteiger partial charge is 0.296 e. The molecule has 1 fully saturated rings. The lowest BCUT2D eigenvalue weighted by Crippen LogP contribution is -2.17. The molecule has 0 spiro atoms. The fraction of sp³-hybridized carbons (Fsp3) is 0.375. The van der Waals surface area contributed by atoms with Crippen LogP contribution in [0.2, 0.25) is 5.02 Å². The molecular weight excluding hydrogens is 475 g/mol. The summed E-state index contributed by atoms with van der Waals surface area (Å²) in [6, 6.07) is 5.37. The lowest BCUT2D eigenvalue weighted by Gasteiger charge is -2.17. The van der Waals surface area contributed by atoms with Gasteiger partial charge in [-0.15, -0.1) is 0 Å². The van der Waals surface area contributed by atoms with Gasteiger partial charge in [0, 0.05) is 30.8 Å². The van der Waals surface area contributed by atoms with E-state index in [2.05, 4.69) is 25.4 Å². The van der Waals surface area contributed by atoms with Crippen molar-refractivity contribution in [2.75, 3.05) is 18.5 Å². The number of pyridine rings is 1. The van der Waals surface area contributed by atoms with Gasteiger partial charge in [0.2, 0.25) is 0 Å². The molecule has 1 saturated heterocycles. The fourth-order valence-corrected chi connectivity index (χ4v) is 5.06. The van der Waals surface area contributed by atoms with Gasteiger partial charge in [-0.1, -0.05) is 17.7 Å². The number of benzene rings is 1. The van der Waals surface area contributed by atoms with E-state index in [4.69, 9.17) is 21.1 Å². The first-order valence-corrected chi connectivity index (χ1v) is 11.9. The zero-order valence-electron chi connectivity index (χ0n) is 19.0. The largest absolute Gasteiger partial charge is 0.459 e. The van der Waals surface area contributed by atoms with Gasteiger partial charge in [0.25, 0.3) is 6.01 Å². The van der Waals surface area contributed by atoms with E-state index in [0.29, 0.717) is 46.6 Å². The molecule has 4 aromatic rings. The summed E-state index contributed by atoms with van der Waals surface area (Å²) in [5.41, 5.74) is 4.38. The number of aliphatic hydroxyl groups excluding tert-OH is 1. The van der Waals surface area contributed by atoms with Gasteiger partial charge in [-0.05, 0) is 36.1 Å². The highest BCUT2D eigenvalue weighted by Crippen LogP contribution is 2.39. The summed E-state index contributed by atoms with van der Waals surface area (Å²) < 4.78 is 28.2. The minimum atomic E-state index is -0.260. The maximum atomic E-state index is 15.2. The van der Waals surface area contributed by atoms with Crippen LogP contribution in [0.4, 0.5) is 10.2 Å². The van der Waals surface area contributed by atoms with E-state index in [1.807, 2.05) is 19.3 Å². The molecule has 2 aliphatic rings. The molecule has 1 aromatic carbocycles. The number of anilines is 1. The number of nitrogens with zero attached hydrogens (tertiary/aromatic N) is 4.